The Labute approximate surface area is 172 Å². The van der Waals surface area contributed by atoms with Crippen LogP contribution in [0.25, 0.3) is 0 Å². The van der Waals surface area contributed by atoms with E-state index in [0.717, 1.165) is 24.2 Å². The van der Waals surface area contributed by atoms with Crippen LogP contribution in [0, 0.1) is 5.92 Å². The molecule has 0 radical (unpaired) electrons. The highest BCUT2D eigenvalue weighted by Gasteiger charge is 2.38. The van der Waals surface area contributed by atoms with Crippen molar-refractivity contribution in [2.24, 2.45) is 5.92 Å². The Kier molecular flexibility index (Phi) is 6.59. The third-order valence-electron chi connectivity index (χ3n) is 5.23. The number of hydrogen-bond donors (Lipinski definition) is 0. The third kappa shape index (κ3) is 4.97. The van der Waals surface area contributed by atoms with E-state index in [1.54, 1.807) is 18.3 Å². The number of ether oxygens (including phenoxy) is 2. The van der Waals surface area contributed by atoms with E-state index in [1.165, 1.54) is 24.3 Å². The smallest absolute Gasteiger partial charge is 0.338 e. The van der Waals surface area contributed by atoms with Gasteiger partial charge in [-0.15, -0.1) is 0 Å². The Morgan fingerprint density at radius 3 is 2.24 bits per heavy atom. The number of benzene rings is 2. The molecule has 1 unspecified atom stereocenters. The van der Waals surface area contributed by atoms with Gasteiger partial charge < -0.3 is 9.47 Å². The van der Waals surface area contributed by atoms with E-state index in [4.69, 9.17) is 9.47 Å². The number of rotatable bonds is 9. The lowest BCUT2D eigenvalue weighted by Crippen LogP contribution is -2.39. The molecule has 0 amide bonds. The summed E-state index contributed by atoms with van der Waals surface area (Å²) in [5.41, 5.74) is 1.23. The second-order valence-corrected chi connectivity index (χ2v) is 9.11. The van der Waals surface area contributed by atoms with Crippen LogP contribution >= 0.6 is 0 Å². The van der Waals surface area contributed by atoms with Gasteiger partial charge in [0, 0.05) is 12.6 Å². The molecule has 0 saturated heterocycles. The van der Waals surface area contributed by atoms with Crippen LogP contribution in [-0.4, -0.2) is 38.5 Å². The predicted octanol–water partition coefficient (Wildman–Crippen LogP) is 3.86. The molecule has 0 heterocycles. The largest absolute Gasteiger partial charge is 0.497 e. The van der Waals surface area contributed by atoms with Crippen LogP contribution in [0.4, 0.5) is 0 Å². The second kappa shape index (κ2) is 8.97. The van der Waals surface area contributed by atoms with Gasteiger partial charge >= 0.3 is 5.97 Å². The third-order valence-corrected chi connectivity index (χ3v) is 7.17. The fraction of sp³-hybridized carbons (Fsp3) is 0.409. The zero-order valence-electron chi connectivity index (χ0n) is 17.0. The van der Waals surface area contributed by atoms with Crippen LogP contribution < -0.4 is 4.74 Å². The van der Waals surface area contributed by atoms with Crippen LogP contribution in [0.3, 0.4) is 0 Å². The standard InChI is InChI=1S/C22H27NO5S/c1-4-28-22(24)19-9-13-21(14-10-19)29(25,26)23(16(2)18-7-8-18)15-17-5-11-20(27-3)12-6-17/h5-6,9-14,16,18H,4,7-8,15H2,1-3H3. The molecule has 156 valence electrons. The highest BCUT2D eigenvalue weighted by Crippen LogP contribution is 2.38. The molecule has 0 aliphatic heterocycles. The maximum atomic E-state index is 13.4. The summed E-state index contributed by atoms with van der Waals surface area (Å²) < 4.78 is 38.6. The molecule has 0 N–H and O–H groups in total. The van der Waals surface area contributed by atoms with Crippen molar-refractivity contribution in [1.29, 1.82) is 0 Å². The van der Waals surface area contributed by atoms with Crippen LogP contribution in [0.2, 0.25) is 0 Å². The quantitative estimate of drug-likeness (QED) is 0.579. The van der Waals surface area contributed by atoms with Crippen LogP contribution in [0.5, 0.6) is 5.75 Å². The molecular formula is C22H27NO5S. The number of carbonyl (C=O) groups excluding carboxylic acids is 1. The first-order chi connectivity index (χ1) is 13.9. The van der Waals surface area contributed by atoms with Crippen molar-refractivity contribution < 1.29 is 22.7 Å². The summed E-state index contributed by atoms with van der Waals surface area (Å²) in [5.74, 6) is 0.646. The molecule has 1 atom stereocenters. The van der Waals surface area contributed by atoms with E-state index in [-0.39, 0.29) is 24.1 Å². The van der Waals surface area contributed by atoms with Crippen molar-refractivity contribution in [3.05, 3.63) is 59.7 Å². The minimum Gasteiger partial charge on any atom is -0.497 e. The highest BCUT2D eigenvalue weighted by molar-refractivity contribution is 7.89. The Balaban J connectivity index is 1.87. The number of sulfonamides is 1. The van der Waals surface area contributed by atoms with Gasteiger partial charge in [0.1, 0.15) is 5.75 Å². The second-order valence-electron chi connectivity index (χ2n) is 7.22. The molecule has 1 fully saturated rings. The van der Waals surface area contributed by atoms with Gasteiger partial charge in [0.25, 0.3) is 0 Å². The monoisotopic (exact) mass is 417 g/mol. The fourth-order valence-corrected chi connectivity index (χ4v) is 4.97. The molecule has 6 nitrogen and oxygen atoms in total. The van der Waals surface area contributed by atoms with Crippen molar-refractivity contribution in [2.75, 3.05) is 13.7 Å². The summed E-state index contributed by atoms with van der Waals surface area (Å²) in [4.78, 5) is 12.0. The lowest BCUT2D eigenvalue weighted by atomic mass is 10.1. The van der Waals surface area contributed by atoms with Gasteiger partial charge in [-0.25, -0.2) is 13.2 Å². The van der Waals surface area contributed by atoms with Crippen molar-refractivity contribution in [1.82, 2.24) is 4.31 Å². The molecule has 3 rings (SSSR count). The van der Waals surface area contributed by atoms with E-state index in [0.29, 0.717) is 11.5 Å². The first kappa shape index (κ1) is 21.3. The lowest BCUT2D eigenvalue weighted by Gasteiger charge is -2.28. The Bertz CT molecular complexity index is 934. The molecule has 0 bridgehead atoms. The van der Waals surface area contributed by atoms with Crippen LogP contribution in [0.15, 0.2) is 53.4 Å². The number of esters is 1. The van der Waals surface area contributed by atoms with Gasteiger partial charge in [0.05, 0.1) is 24.2 Å². The van der Waals surface area contributed by atoms with Crippen LogP contribution in [0.1, 0.15) is 42.6 Å². The molecular weight excluding hydrogens is 390 g/mol. The molecule has 0 spiro atoms. The van der Waals surface area contributed by atoms with Gasteiger partial charge in [-0.2, -0.15) is 4.31 Å². The zero-order valence-corrected chi connectivity index (χ0v) is 17.8. The predicted molar refractivity (Wildman–Crippen MR) is 110 cm³/mol. The highest BCUT2D eigenvalue weighted by atomic mass is 32.2. The molecule has 1 saturated carbocycles. The normalized spacial score (nSPS) is 15.2. The lowest BCUT2D eigenvalue weighted by molar-refractivity contribution is 0.0526. The Hall–Kier alpha value is -2.38. The van der Waals surface area contributed by atoms with E-state index >= 15 is 0 Å². The number of carbonyl (C=O) groups is 1. The summed E-state index contributed by atoms with van der Waals surface area (Å²) in [7, 11) is -2.13. The topological polar surface area (TPSA) is 72.9 Å². The van der Waals surface area contributed by atoms with Crippen molar-refractivity contribution in [3.63, 3.8) is 0 Å². The van der Waals surface area contributed by atoms with E-state index in [1.807, 2.05) is 31.2 Å². The summed E-state index contributed by atoms with van der Waals surface area (Å²) in [6.07, 6.45) is 2.08. The molecule has 0 aromatic heterocycles. The summed E-state index contributed by atoms with van der Waals surface area (Å²) in [6.45, 7) is 4.25. The molecule has 2 aromatic rings. The Morgan fingerprint density at radius 2 is 1.72 bits per heavy atom. The number of nitrogens with zero attached hydrogens (tertiary/aromatic N) is 1. The number of methoxy groups -OCH3 is 1. The van der Waals surface area contributed by atoms with Crippen molar-refractivity contribution >= 4 is 16.0 Å². The van der Waals surface area contributed by atoms with E-state index in [2.05, 4.69) is 0 Å². The molecule has 2 aromatic carbocycles. The number of hydrogen-bond acceptors (Lipinski definition) is 5. The minimum atomic E-state index is -3.72. The van der Waals surface area contributed by atoms with Crippen molar-refractivity contribution in [2.45, 2.75) is 44.2 Å². The van der Waals surface area contributed by atoms with E-state index in [9.17, 15) is 13.2 Å². The molecule has 1 aliphatic carbocycles. The first-order valence-electron chi connectivity index (χ1n) is 9.78. The van der Waals surface area contributed by atoms with Gasteiger partial charge in [-0.1, -0.05) is 12.1 Å². The van der Waals surface area contributed by atoms with Gasteiger partial charge in [-0.3, -0.25) is 0 Å². The average molecular weight is 418 g/mol. The summed E-state index contributed by atoms with van der Waals surface area (Å²) in [5, 5.41) is 0. The Morgan fingerprint density at radius 1 is 1.10 bits per heavy atom. The summed E-state index contributed by atoms with van der Waals surface area (Å²) >= 11 is 0. The van der Waals surface area contributed by atoms with Crippen molar-refractivity contribution in [3.8, 4) is 5.75 Å². The minimum absolute atomic E-state index is 0.105. The zero-order chi connectivity index (χ0) is 21.0. The fourth-order valence-electron chi connectivity index (χ4n) is 3.29. The first-order valence-corrected chi connectivity index (χ1v) is 11.2. The maximum absolute atomic E-state index is 13.4. The molecule has 29 heavy (non-hydrogen) atoms. The van der Waals surface area contributed by atoms with Gasteiger partial charge in [0.2, 0.25) is 10.0 Å². The van der Waals surface area contributed by atoms with Crippen LogP contribution in [-0.2, 0) is 21.3 Å². The van der Waals surface area contributed by atoms with Gasteiger partial charge in [0.15, 0.2) is 0 Å². The summed E-state index contributed by atoms with van der Waals surface area (Å²) in [6, 6.07) is 13.3. The van der Waals surface area contributed by atoms with Gasteiger partial charge in [-0.05, 0) is 74.6 Å². The SMILES string of the molecule is CCOC(=O)c1ccc(S(=O)(=O)N(Cc2ccc(OC)cc2)C(C)C2CC2)cc1. The maximum Gasteiger partial charge on any atom is 0.338 e. The molecule has 1 aliphatic rings. The molecule has 7 heteroatoms. The van der Waals surface area contributed by atoms with E-state index < -0.39 is 16.0 Å². The average Bonchev–Trinajstić information content (AvgIpc) is 3.57.